The van der Waals surface area contributed by atoms with E-state index in [-0.39, 0.29) is 0 Å². The van der Waals surface area contributed by atoms with Gasteiger partial charge in [-0.2, -0.15) is 0 Å². The minimum atomic E-state index is 0.448. The fourth-order valence-corrected chi connectivity index (χ4v) is 3.70. The van der Waals surface area contributed by atoms with E-state index < -0.39 is 0 Å². The van der Waals surface area contributed by atoms with E-state index in [1.165, 1.54) is 49.8 Å². The van der Waals surface area contributed by atoms with Crippen LogP contribution >= 0.6 is 0 Å². The summed E-state index contributed by atoms with van der Waals surface area (Å²) in [7, 11) is 4.34. The van der Waals surface area contributed by atoms with Crippen molar-refractivity contribution in [1.82, 2.24) is 5.32 Å². The summed E-state index contributed by atoms with van der Waals surface area (Å²) >= 11 is 0. The smallest absolute Gasteiger partial charge is 0.0366 e. The summed E-state index contributed by atoms with van der Waals surface area (Å²) in [6.07, 6.45) is 8.35. The molecule has 1 aliphatic rings. The zero-order valence-electron chi connectivity index (χ0n) is 13.4. The number of benzene rings is 1. The van der Waals surface area contributed by atoms with Crippen LogP contribution < -0.4 is 10.2 Å². The van der Waals surface area contributed by atoms with Crippen LogP contribution in [-0.2, 0) is 0 Å². The van der Waals surface area contributed by atoms with Crippen LogP contribution in [0.4, 0.5) is 5.69 Å². The lowest BCUT2D eigenvalue weighted by Crippen LogP contribution is -2.42. The van der Waals surface area contributed by atoms with Crippen LogP contribution in [0.15, 0.2) is 24.3 Å². The van der Waals surface area contributed by atoms with E-state index in [0.29, 0.717) is 5.41 Å². The predicted molar refractivity (Wildman–Crippen MR) is 88.5 cm³/mol. The molecule has 1 saturated carbocycles. The quantitative estimate of drug-likeness (QED) is 0.817. The van der Waals surface area contributed by atoms with Gasteiger partial charge in [-0.3, -0.25) is 0 Å². The van der Waals surface area contributed by atoms with Gasteiger partial charge < -0.3 is 10.2 Å². The summed E-state index contributed by atoms with van der Waals surface area (Å²) in [6.45, 7) is 4.48. The molecule has 2 nitrogen and oxygen atoms in total. The highest BCUT2D eigenvalue weighted by Crippen LogP contribution is 2.36. The van der Waals surface area contributed by atoms with E-state index in [4.69, 9.17) is 0 Å². The molecule has 1 N–H and O–H groups in total. The van der Waals surface area contributed by atoms with Crippen molar-refractivity contribution in [2.45, 2.75) is 45.4 Å². The fourth-order valence-electron chi connectivity index (χ4n) is 3.70. The number of hydrogen-bond donors (Lipinski definition) is 1. The molecule has 0 bridgehead atoms. The standard InChI is InChI=1S/C18H30N2/c1-16-9-8-10-17(13-16)20(3)15-18(14-19-2)11-6-4-5-7-12-18/h8-10,13,19H,4-7,11-12,14-15H2,1-3H3. The highest BCUT2D eigenvalue weighted by atomic mass is 15.1. The van der Waals surface area contributed by atoms with E-state index >= 15 is 0 Å². The fraction of sp³-hybridized carbons (Fsp3) is 0.667. The molecule has 0 unspecified atom stereocenters. The van der Waals surface area contributed by atoms with Gasteiger partial charge in [0.2, 0.25) is 0 Å². The van der Waals surface area contributed by atoms with Crippen molar-refractivity contribution in [3.05, 3.63) is 29.8 Å². The average Bonchev–Trinajstić information content (AvgIpc) is 2.65. The van der Waals surface area contributed by atoms with Gasteiger partial charge in [0.15, 0.2) is 0 Å². The zero-order chi connectivity index (χ0) is 14.4. The Morgan fingerprint density at radius 1 is 1.15 bits per heavy atom. The summed E-state index contributed by atoms with van der Waals surface area (Å²) in [5, 5.41) is 3.45. The molecule has 0 amide bonds. The van der Waals surface area contributed by atoms with Crippen LogP contribution in [0.1, 0.15) is 44.1 Å². The lowest BCUT2D eigenvalue weighted by atomic mass is 9.79. The van der Waals surface area contributed by atoms with Gasteiger partial charge in [-0.05, 0) is 44.5 Å². The molecule has 112 valence electrons. The first-order chi connectivity index (χ1) is 9.65. The Kier molecular flexibility index (Phi) is 5.47. The van der Waals surface area contributed by atoms with Gasteiger partial charge >= 0.3 is 0 Å². The maximum atomic E-state index is 3.45. The van der Waals surface area contributed by atoms with Crippen molar-refractivity contribution in [1.29, 1.82) is 0 Å². The molecule has 1 aromatic rings. The summed E-state index contributed by atoms with van der Waals surface area (Å²) in [5.74, 6) is 0. The first-order valence-corrected chi connectivity index (χ1v) is 8.08. The van der Waals surface area contributed by atoms with Crippen LogP contribution in [-0.4, -0.2) is 27.2 Å². The molecule has 20 heavy (non-hydrogen) atoms. The Bertz CT molecular complexity index is 406. The Morgan fingerprint density at radius 2 is 1.85 bits per heavy atom. The molecule has 2 heteroatoms. The molecule has 2 rings (SSSR count). The monoisotopic (exact) mass is 274 g/mol. The lowest BCUT2D eigenvalue weighted by Gasteiger charge is -2.37. The van der Waals surface area contributed by atoms with E-state index in [1.54, 1.807) is 0 Å². The Labute approximate surface area is 124 Å². The van der Waals surface area contributed by atoms with Crippen LogP contribution in [0, 0.1) is 12.3 Å². The van der Waals surface area contributed by atoms with Gasteiger partial charge in [0.05, 0.1) is 0 Å². The molecular formula is C18H30N2. The molecule has 0 aliphatic heterocycles. The van der Waals surface area contributed by atoms with Crippen LogP contribution in [0.25, 0.3) is 0 Å². The number of nitrogens with zero attached hydrogens (tertiary/aromatic N) is 1. The number of rotatable bonds is 5. The number of anilines is 1. The van der Waals surface area contributed by atoms with Gasteiger partial charge in [0, 0.05) is 31.2 Å². The van der Waals surface area contributed by atoms with Crippen molar-refractivity contribution in [2.24, 2.45) is 5.41 Å². The first kappa shape index (κ1) is 15.4. The third kappa shape index (κ3) is 3.99. The SMILES string of the molecule is CNCC1(CN(C)c2cccc(C)c2)CCCCCC1. The highest BCUT2D eigenvalue weighted by Gasteiger charge is 2.31. The van der Waals surface area contributed by atoms with Crippen molar-refractivity contribution < 1.29 is 0 Å². The minimum absolute atomic E-state index is 0.448. The minimum Gasteiger partial charge on any atom is -0.374 e. The van der Waals surface area contributed by atoms with Gasteiger partial charge in [-0.15, -0.1) is 0 Å². The second kappa shape index (κ2) is 7.12. The van der Waals surface area contributed by atoms with Gasteiger partial charge in [-0.25, -0.2) is 0 Å². The topological polar surface area (TPSA) is 15.3 Å². The Balaban J connectivity index is 2.10. The summed E-state index contributed by atoms with van der Waals surface area (Å²) in [6, 6.07) is 8.87. The zero-order valence-corrected chi connectivity index (χ0v) is 13.4. The number of hydrogen-bond acceptors (Lipinski definition) is 2. The first-order valence-electron chi connectivity index (χ1n) is 8.08. The number of aryl methyl sites for hydroxylation is 1. The second-order valence-corrected chi connectivity index (χ2v) is 6.64. The third-order valence-electron chi connectivity index (χ3n) is 4.73. The molecule has 0 radical (unpaired) electrons. The normalized spacial score (nSPS) is 18.6. The molecule has 0 atom stereocenters. The van der Waals surface area contributed by atoms with E-state index in [0.717, 1.165) is 13.1 Å². The predicted octanol–water partition coefficient (Wildman–Crippen LogP) is 3.99. The van der Waals surface area contributed by atoms with Crippen LogP contribution in [0.3, 0.4) is 0 Å². The van der Waals surface area contributed by atoms with Gasteiger partial charge in [0.25, 0.3) is 0 Å². The molecule has 0 spiro atoms. The molecular weight excluding hydrogens is 244 g/mol. The van der Waals surface area contributed by atoms with E-state index in [2.05, 4.69) is 55.5 Å². The number of nitrogens with one attached hydrogen (secondary N) is 1. The van der Waals surface area contributed by atoms with Gasteiger partial charge in [-0.1, -0.05) is 37.8 Å². The van der Waals surface area contributed by atoms with Crippen LogP contribution in [0.5, 0.6) is 0 Å². The molecule has 1 aromatic carbocycles. The molecule has 0 saturated heterocycles. The van der Waals surface area contributed by atoms with Crippen molar-refractivity contribution >= 4 is 5.69 Å². The summed E-state index contributed by atoms with van der Waals surface area (Å²) in [4.78, 5) is 2.45. The molecule has 0 aromatic heterocycles. The Morgan fingerprint density at radius 3 is 2.45 bits per heavy atom. The largest absolute Gasteiger partial charge is 0.374 e. The van der Waals surface area contributed by atoms with Crippen molar-refractivity contribution in [2.75, 3.05) is 32.1 Å². The lowest BCUT2D eigenvalue weighted by molar-refractivity contribution is 0.245. The maximum absolute atomic E-state index is 3.45. The highest BCUT2D eigenvalue weighted by molar-refractivity contribution is 5.47. The van der Waals surface area contributed by atoms with Crippen LogP contribution in [0.2, 0.25) is 0 Å². The summed E-state index contributed by atoms with van der Waals surface area (Å²) in [5.41, 5.74) is 3.15. The van der Waals surface area contributed by atoms with E-state index in [9.17, 15) is 0 Å². The van der Waals surface area contributed by atoms with E-state index in [1.807, 2.05) is 0 Å². The average molecular weight is 274 g/mol. The second-order valence-electron chi connectivity index (χ2n) is 6.64. The molecule has 1 aliphatic carbocycles. The Hall–Kier alpha value is -1.02. The van der Waals surface area contributed by atoms with Crippen molar-refractivity contribution in [3.63, 3.8) is 0 Å². The van der Waals surface area contributed by atoms with Gasteiger partial charge in [0.1, 0.15) is 0 Å². The third-order valence-corrected chi connectivity index (χ3v) is 4.73. The van der Waals surface area contributed by atoms with Crippen molar-refractivity contribution in [3.8, 4) is 0 Å². The summed E-state index contributed by atoms with van der Waals surface area (Å²) < 4.78 is 0. The molecule has 1 fully saturated rings. The maximum Gasteiger partial charge on any atom is 0.0366 e. The molecule has 0 heterocycles.